The van der Waals surface area contributed by atoms with E-state index in [4.69, 9.17) is 10.5 Å². The van der Waals surface area contributed by atoms with Gasteiger partial charge < -0.3 is 10.5 Å². The molecule has 1 aliphatic rings. The van der Waals surface area contributed by atoms with E-state index in [-0.39, 0.29) is 12.1 Å². The van der Waals surface area contributed by atoms with Crippen molar-refractivity contribution in [2.24, 2.45) is 5.73 Å². The summed E-state index contributed by atoms with van der Waals surface area (Å²) in [6.07, 6.45) is -3.30. The summed E-state index contributed by atoms with van der Waals surface area (Å²) in [5.41, 5.74) is 5.69. The van der Waals surface area contributed by atoms with Crippen LogP contribution in [0, 0.1) is 0 Å². The molecule has 1 aromatic carbocycles. The van der Waals surface area contributed by atoms with Crippen molar-refractivity contribution >= 4 is 0 Å². The minimum Gasteiger partial charge on any atom is -0.373 e. The van der Waals surface area contributed by atoms with Crippen LogP contribution in [0.1, 0.15) is 30.1 Å². The number of alkyl halides is 3. The first-order valence-electron chi connectivity index (χ1n) is 5.51. The number of nitrogens with two attached hydrogens (primary N) is 1. The molecule has 2 N–H and O–H groups in total. The highest BCUT2D eigenvalue weighted by atomic mass is 19.4. The van der Waals surface area contributed by atoms with Crippen molar-refractivity contribution in [2.45, 2.75) is 31.2 Å². The minimum absolute atomic E-state index is 0.00305. The van der Waals surface area contributed by atoms with Gasteiger partial charge in [0.05, 0.1) is 11.7 Å². The summed E-state index contributed by atoms with van der Waals surface area (Å²) in [4.78, 5) is 0. The fourth-order valence-corrected chi connectivity index (χ4v) is 1.97. The van der Waals surface area contributed by atoms with Crippen molar-refractivity contribution in [2.75, 3.05) is 6.61 Å². The Bertz CT molecular complexity index is 392. The zero-order valence-electron chi connectivity index (χ0n) is 9.20. The Labute approximate surface area is 97.6 Å². The van der Waals surface area contributed by atoms with Gasteiger partial charge in [-0.3, -0.25) is 0 Å². The zero-order valence-corrected chi connectivity index (χ0v) is 9.20. The van der Waals surface area contributed by atoms with Gasteiger partial charge >= 0.3 is 6.18 Å². The molecule has 0 aliphatic carbocycles. The third-order valence-corrected chi connectivity index (χ3v) is 2.91. The highest BCUT2D eigenvalue weighted by Crippen LogP contribution is 2.33. The minimum atomic E-state index is -4.31. The molecule has 5 heteroatoms. The molecule has 2 unspecified atom stereocenters. The molecular formula is C12H14F3NO. The first kappa shape index (κ1) is 12.4. The summed E-state index contributed by atoms with van der Waals surface area (Å²) in [5, 5.41) is 0. The van der Waals surface area contributed by atoms with Crippen LogP contribution in [-0.2, 0) is 10.9 Å². The zero-order chi connectivity index (χ0) is 12.5. The molecule has 94 valence electrons. The van der Waals surface area contributed by atoms with Crippen LogP contribution in [0.3, 0.4) is 0 Å². The molecule has 1 aromatic rings. The molecule has 0 aromatic heterocycles. The van der Waals surface area contributed by atoms with E-state index in [9.17, 15) is 13.2 Å². The highest BCUT2D eigenvalue weighted by molar-refractivity contribution is 5.27. The van der Waals surface area contributed by atoms with Crippen LogP contribution in [0.25, 0.3) is 0 Å². The standard InChI is InChI=1S/C12H14F3NO/c13-12(14,15)9-3-1-2-8(6-9)11-7-10(16)4-5-17-11/h1-3,6,10-11H,4-5,7,16H2. The summed E-state index contributed by atoms with van der Waals surface area (Å²) in [6.45, 7) is 0.502. The van der Waals surface area contributed by atoms with E-state index in [1.54, 1.807) is 6.07 Å². The highest BCUT2D eigenvalue weighted by Gasteiger charge is 2.31. The smallest absolute Gasteiger partial charge is 0.373 e. The lowest BCUT2D eigenvalue weighted by Gasteiger charge is -2.27. The Hall–Kier alpha value is -1.07. The number of ether oxygens (including phenoxy) is 1. The topological polar surface area (TPSA) is 35.2 Å². The normalized spacial score (nSPS) is 25.9. The first-order valence-corrected chi connectivity index (χ1v) is 5.51. The van der Waals surface area contributed by atoms with Crippen LogP contribution in [0.5, 0.6) is 0 Å². The number of rotatable bonds is 1. The second kappa shape index (κ2) is 4.66. The van der Waals surface area contributed by atoms with Gasteiger partial charge in [0.1, 0.15) is 0 Å². The monoisotopic (exact) mass is 245 g/mol. The first-order chi connectivity index (χ1) is 7.97. The molecule has 0 radical (unpaired) electrons. The van der Waals surface area contributed by atoms with Crippen molar-refractivity contribution in [1.29, 1.82) is 0 Å². The number of benzene rings is 1. The number of halogens is 3. The maximum absolute atomic E-state index is 12.5. The Balaban J connectivity index is 2.21. The molecule has 2 rings (SSSR count). The van der Waals surface area contributed by atoms with E-state index in [2.05, 4.69) is 0 Å². The second-order valence-corrected chi connectivity index (χ2v) is 4.27. The number of hydrogen-bond donors (Lipinski definition) is 1. The van der Waals surface area contributed by atoms with Gasteiger partial charge in [-0.05, 0) is 30.5 Å². The predicted molar refractivity (Wildman–Crippen MR) is 57.3 cm³/mol. The second-order valence-electron chi connectivity index (χ2n) is 4.27. The Morgan fingerprint density at radius 3 is 2.71 bits per heavy atom. The van der Waals surface area contributed by atoms with Gasteiger partial charge in [-0.15, -0.1) is 0 Å². The third kappa shape index (κ3) is 2.98. The molecule has 0 saturated carbocycles. The predicted octanol–water partition coefficient (Wildman–Crippen LogP) is 2.88. The van der Waals surface area contributed by atoms with Gasteiger partial charge in [-0.25, -0.2) is 0 Å². The maximum Gasteiger partial charge on any atom is 0.416 e. The summed E-state index contributed by atoms with van der Waals surface area (Å²) in [7, 11) is 0. The molecule has 2 nitrogen and oxygen atoms in total. The van der Waals surface area contributed by atoms with Crippen molar-refractivity contribution in [1.82, 2.24) is 0 Å². The van der Waals surface area contributed by atoms with E-state index >= 15 is 0 Å². The molecule has 1 aliphatic heterocycles. The van der Waals surface area contributed by atoms with Gasteiger partial charge in [-0.1, -0.05) is 12.1 Å². The Kier molecular flexibility index (Phi) is 3.40. The number of hydrogen-bond acceptors (Lipinski definition) is 2. The fourth-order valence-electron chi connectivity index (χ4n) is 1.97. The summed E-state index contributed by atoms with van der Waals surface area (Å²) < 4.78 is 43.1. The Morgan fingerprint density at radius 2 is 2.06 bits per heavy atom. The fraction of sp³-hybridized carbons (Fsp3) is 0.500. The van der Waals surface area contributed by atoms with Crippen LogP contribution in [0.4, 0.5) is 13.2 Å². The van der Waals surface area contributed by atoms with E-state index < -0.39 is 11.7 Å². The van der Waals surface area contributed by atoms with Gasteiger partial charge in [0.15, 0.2) is 0 Å². The third-order valence-electron chi connectivity index (χ3n) is 2.91. The maximum atomic E-state index is 12.5. The van der Waals surface area contributed by atoms with Gasteiger partial charge in [0, 0.05) is 12.6 Å². The van der Waals surface area contributed by atoms with Crippen molar-refractivity contribution in [3.05, 3.63) is 35.4 Å². The molecule has 1 fully saturated rings. The average Bonchev–Trinajstić information content (AvgIpc) is 2.28. The van der Waals surface area contributed by atoms with Gasteiger partial charge in [0.25, 0.3) is 0 Å². The average molecular weight is 245 g/mol. The Morgan fingerprint density at radius 1 is 1.29 bits per heavy atom. The largest absolute Gasteiger partial charge is 0.416 e. The van der Waals surface area contributed by atoms with Gasteiger partial charge in [-0.2, -0.15) is 13.2 Å². The van der Waals surface area contributed by atoms with E-state index in [0.717, 1.165) is 18.6 Å². The van der Waals surface area contributed by atoms with Crippen LogP contribution in [-0.4, -0.2) is 12.6 Å². The van der Waals surface area contributed by atoms with Crippen LogP contribution < -0.4 is 5.73 Å². The molecule has 0 spiro atoms. The van der Waals surface area contributed by atoms with Gasteiger partial charge in [0.2, 0.25) is 0 Å². The SMILES string of the molecule is NC1CCOC(c2cccc(C(F)(F)F)c2)C1. The lowest BCUT2D eigenvalue weighted by molar-refractivity contribution is -0.137. The summed E-state index contributed by atoms with van der Waals surface area (Å²) in [5.74, 6) is 0. The molecular weight excluding hydrogens is 231 g/mol. The molecule has 1 saturated heterocycles. The van der Waals surface area contributed by atoms with Crippen molar-refractivity contribution < 1.29 is 17.9 Å². The summed E-state index contributed by atoms with van der Waals surface area (Å²) in [6, 6.07) is 5.26. The van der Waals surface area contributed by atoms with E-state index in [1.165, 1.54) is 6.07 Å². The molecule has 0 amide bonds. The molecule has 1 heterocycles. The van der Waals surface area contributed by atoms with E-state index in [0.29, 0.717) is 18.6 Å². The molecule has 2 atom stereocenters. The molecule has 17 heavy (non-hydrogen) atoms. The lowest BCUT2D eigenvalue weighted by Crippen LogP contribution is -2.30. The quantitative estimate of drug-likeness (QED) is 0.825. The molecule has 0 bridgehead atoms. The van der Waals surface area contributed by atoms with E-state index in [1.807, 2.05) is 0 Å². The van der Waals surface area contributed by atoms with Crippen LogP contribution >= 0.6 is 0 Å². The van der Waals surface area contributed by atoms with Crippen LogP contribution in [0.2, 0.25) is 0 Å². The summed E-state index contributed by atoms with van der Waals surface area (Å²) >= 11 is 0. The lowest BCUT2D eigenvalue weighted by atomic mass is 9.97. The van der Waals surface area contributed by atoms with Crippen molar-refractivity contribution in [3.8, 4) is 0 Å². The van der Waals surface area contributed by atoms with Crippen LogP contribution in [0.15, 0.2) is 24.3 Å². The van der Waals surface area contributed by atoms with Crippen molar-refractivity contribution in [3.63, 3.8) is 0 Å².